The fourth-order valence-corrected chi connectivity index (χ4v) is 4.66. The number of halogens is 1. The first-order valence-electron chi connectivity index (χ1n) is 6.21. The Bertz CT molecular complexity index is 576. The number of carbonyl (C=O) groups is 1. The first-order chi connectivity index (χ1) is 8.88. The predicted octanol–water partition coefficient (Wildman–Crippen LogP) is 2.90. The van der Waals surface area contributed by atoms with Crippen LogP contribution >= 0.6 is 22.0 Å². The number of amides is 1. The van der Waals surface area contributed by atoms with Crippen molar-refractivity contribution in [2.75, 3.05) is 6.54 Å². The van der Waals surface area contributed by atoms with Crippen LogP contribution in [0.25, 0.3) is 0 Å². The average molecular weight is 322 g/mol. The molecule has 2 rings (SSSR count). The van der Waals surface area contributed by atoms with Crippen LogP contribution in [0.3, 0.4) is 0 Å². The van der Waals surface area contributed by atoms with Gasteiger partial charge in [0, 0.05) is 22.1 Å². The molecule has 7 heteroatoms. The number of nitrogens with one attached hydrogen (secondary N) is 1. The zero-order valence-corrected chi connectivity index (χ0v) is 13.0. The van der Waals surface area contributed by atoms with Crippen molar-refractivity contribution in [2.24, 2.45) is 5.92 Å². The van der Waals surface area contributed by atoms with E-state index >= 15 is 0 Å². The summed E-state index contributed by atoms with van der Waals surface area (Å²) in [6.45, 7) is 2.29. The van der Waals surface area contributed by atoms with E-state index in [0.29, 0.717) is 16.3 Å². The molecule has 0 bridgehead atoms. The van der Waals surface area contributed by atoms with Gasteiger partial charge in [-0.3, -0.25) is 4.79 Å². The Morgan fingerprint density at radius 1 is 1.53 bits per heavy atom. The van der Waals surface area contributed by atoms with E-state index in [0.717, 1.165) is 23.7 Å². The fraction of sp³-hybridized carbons (Fsp3) is 0.583. The van der Waals surface area contributed by atoms with Crippen molar-refractivity contribution in [3.63, 3.8) is 0 Å². The number of hydrogen-bond acceptors (Lipinski definition) is 4. The lowest BCUT2D eigenvalue weighted by Crippen LogP contribution is -2.26. The van der Waals surface area contributed by atoms with Gasteiger partial charge in [-0.1, -0.05) is 19.3 Å². The lowest BCUT2D eigenvalue weighted by molar-refractivity contribution is 0.0953. The summed E-state index contributed by atoms with van der Waals surface area (Å²) in [4.78, 5) is 12.9. The van der Waals surface area contributed by atoms with Crippen molar-refractivity contribution in [3.05, 3.63) is 15.8 Å². The Balaban J connectivity index is 1.95. The van der Waals surface area contributed by atoms with E-state index in [1.807, 2.05) is 0 Å². The molecule has 0 spiro atoms. The molecule has 1 aliphatic rings. The van der Waals surface area contributed by atoms with E-state index in [-0.39, 0.29) is 10.8 Å². The Morgan fingerprint density at radius 3 is 2.68 bits per heavy atom. The van der Waals surface area contributed by atoms with Gasteiger partial charge in [0.05, 0.1) is 9.77 Å². The van der Waals surface area contributed by atoms with Crippen LogP contribution < -0.4 is 5.32 Å². The molecule has 1 amide bonds. The summed E-state index contributed by atoms with van der Waals surface area (Å²) in [5, 5.41) is 2.82. The van der Waals surface area contributed by atoms with Crippen LogP contribution in [0, 0.1) is 12.8 Å². The van der Waals surface area contributed by atoms with Crippen LogP contribution in [0.15, 0.2) is 11.0 Å². The maximum absolute atomic E-state index is 11.9. The second-order valence-corrected chi connectivity index (χ2v) is 8.60. The van der Waals surface area contributed by atoms with Gasteiger partial charge in [-0.05, 0) is 25.3 Å². The smallest absolute Gasteiger partial charge is 0.262 e. The quantitative estimate of drug-likeness (QED) is 0.848. The first kappa shape index (κ1) is 14.8. The molecule has 0 unspecified atom stereocenters. The third-order valence-electron chi connectivity index (χ3n) is 3.42. The van der Waals surface area contributed by atoms with Crippen LogP contribution in [-0.4, -0.2) is 20.9 Å². The lowest BCUT2D eigenvalue weighted by Gasteiger charge is -2.25. The first-order valence-corrected chi connectivity index (χ1v) is 9.34. The van der Waals surface area contributed by atoms with Gasteiger partial charge in [-0.15, -0.1) is 11.3 Å². The van der Waals surface area contributed by atoms with Crippen LogP contribution in [0.2, 0.25) is 0 Å². The van der Waals surface area contributed by atoms with Gasteiger partial charge < -0.3 is 5.32 Å². The second kappa shape index (κ2) is 5.81. The SMILES string of the molecule is Cc1sc(C(=O)NCCC2CCC2)cc1S(=O)(=O)Cl. The van der Waals surface area contributed by atoms with Gasteiger partial charge in [0.15, 0.2) is 0 Å². The summed E-state index contributed by atoms with van der Waals surface area (Å²) in [5.41, 5.74) is 0. The van der Waals surface area contributed by atoms with E-state index in [1.54, 1.807) is 6.92 Å². The molecule has 0 aliphatic heterocycles. The maximum Gasteiger partial charge on any atom is 0.262 e. The summed E-state index contributed by atoms with van der Waals surface area (Å²) in [6, 6.07) is 1.35. The van der Waals surface area contributed by atoms with E-state index in [9.17, 15) is 13.2 Å². The highest BCUT2D eigenvalue weighted by molar-refractivity contribution is 8.13. The van der Waals surface area contributed by atoms with Gasteiger partial charge in [0.25, 0.3) is 15.0 Å². The molecule has 1 aromatic heterocycles. The highest BCUT2D eigenvalue weighted by atomic mass is 35.7. The topological polar surface area (TPSA) is 63.2 Å². The van der Waals surface area contributed by atoms with Crippen molar-refractivity contribution in [3.8, 4) is 0 Å². The third-order valence-corrected chi connectivity index (χ3v) is 6.05. The minimum Gasteiger partial charge on any atom is -0.351 e. The molecule has 1 N–H and O–H groups in total. The second-order valence-electron chi connectivity index (χ2n) is 4.81. The summed E-state index contributed by atoms with van der Waals surface area (Å²) >= 11 is 1.15. The molecule has 1 aliphatic carbocycles. The highest BCUT2D eigenvalue weighted by Gasteiger charge is 2.21. The molecule has 1 saturated carbocycles. The molecule has 106 valence electrons. The largest absolute Gasteiger partial charge is 0.351 e. The van der Waals surface area contributed by atoms with Gasteiger partial charge in [-0.25, -0.2) is 8.42 Å². The van der Waals surface area contributed by atoms with Crippen LogP contribution in [0.5, 0.6) is 0 Å². The van der Waals surface area contributed by atoms with Crippen LogP contribution in [-0.2, 0) is 9.05 Å². The van der Waals surface area contributed by atoms with Gasteiger partial charge in [0.1, 0.15) is 0 Å². The van der Waals surface area contributed by atoms with E-state index in [1.165, 1.54) is 25.3 Å². The minimum atomic E-state index is -3.77. The molecular formula is C12H16ClNO3S2. The van der Waals surface area contributed by atoms with E-state index < -0.39 is 9.05 Å². The fourth-order valence-electron chi connectivity index (χ4n) is 2.08. The molecule has 0 atom stereocenters. The Hall–Kier alpha value is -0.590. The van der Waals surface area contributed by atoms with E-state index in [2.05, 4.69) is 5.32 Å². The van der Waals surface area contributed by atoms with Crippen molar-refractivity contribution in [1.82, 2.24) is 5.32 Å². The normalized spacial score (nSPS) is 16.1. The minimum absolute atomic E-state index is 0.0308. The summed E-state index contributed by atoms with van der Waals surface area (Å²) in [5.74, 6) is 0.517. The molecular weight excluding hydrogens is 306 g/mol. The van der Waals surface area contributed by atoms with Crippen molar-refractivity contribution in [2.45, 2.75) is 37.5 Å². The number of aryl methyl sites for hydroxylation is 1. The Kier molecular flexibility index (Phi) is 4.53. The van der Waals surface area contributed by atoms with E-state index in [4.69, 9.17) is 10.7 Å². The standard InChI is InChI=1S/C12H16ClNO3S2/c1-8-11(19(13,16)17)7-10(18-8)12(15)14-6-5-9-3-2-4-9/h7,9H,2-6H2,1H3,(H,14,15). The van der Waals surface area contributed by atoms with Gasteiger partial charge >= 0.3 is 0 Å². The monoisotopic (exact) mass is 321 g/mol. The predicted molar refractivity (Wildman–Crippen MR) is 76.4 cm³/mol. The van der Waals surface area contributed by atoms with Crippen molar-refractivity contribution < 1.29 is 13.2 Å². The molecule has 1 fully saturated rings. The summed E-state index contributed by atoms with van der Waals surface area (Å²) < 4.78 is 22.6. The van der Waals surface area contributed by atoms with Gasteiger partial charge in [0.2, 0.25) is 0 Å². The average Bonchev–Trinajstić information content (AvgIpc) is 2.63. The molecule has 0 radical (unpaired) electrons. The summed E-state index contributed by atoms with van der Waals surface area (Å²) in [6.07, 6.45) is 4.79. The molecule has 1 heterocycles. The van der Waals surface area contributed by atoms with Crippen molar-refractivity contribution >= 4 is 37.0 Å². The number of thiophene rings is 1. The number of carbonyl (C=O) groups excluding carboxylic acids is 1. The number of hydrogen-bond donors (Lipinski definition) is 1. The Labute approximate surface area is 121 Å². The lowest BCUT2D eigenvalue weighted by atomic mass is 9.83. The maximum atomic E-state index is 11.9. The van der Waals surface area contributed by atoms with Crippen molar-refractivity contribution in [1.29, 1.82) is 0 Å². The molecule has 0 saturated heterocycles. The molecule has 19 heavy (non-hydrogen) atoms. The zero-order chi connectivity index (χ0) is 14.0. The number of rotatable bonds is 5. The molecule has 4 nitrogen and oxygen atoms in total. The third kappa shape index (κ3) is 3.70. The zero-order valence-electron chi connectivity index (χ0n) is 10.6. The highest BCUT2D eigenvalue weighted by Crippen LogP contribution is 2.29. The van der Waals surface area contributed by atoms with Crippen LogP contribution in [0.1, 0.15) is 40.2 Å². The molecule has 0 aromatic carbocycles. The Morgan fingerprint density at radius 2 is 2.21 bits per heavy atom. The van der Waals surface area contributed by atoms with Crippen LogP contribution in [0.4, 0.5) is 0 Å². The molecule has 1 aromatic rings. The summed E-state index contributed by atoms with van der Waals surface area (Å²) in [7, 11) is 1.53. The van der Waals surface area contributed by atoms with Gasteiger partial charge in [-0.2, -0.15) is 0 Å².